The molecule has 1 aromatic carbocycles. The highest BCUT2D eigenvalue weighted by molar-refractivity contribution is 5.34. The zero-order chi connectivity index (χ0) is 15.2. The number of halogens is 1. The third-order valence-corrected chi connectivity index (χ3v) is 4.12. The standard InChI is InChI=1S/C16H24FN.C2H6/c1-12(2)11-16(6-8-18-9-7-16)15-5-4-14(17)10-13(15)3;1-2/h4-5,10,12,18H,6-9,11H2,1-3H3;1-2H3. The van der Waals surface area contributed by atoms with Crippen LogP contribution in [0.3, 0.4) is 0 Å². The van der Waals surface area contributed by atoms with Gasteiger partial charge in [0.05, 0.1) is 0 Å². The molecule has 1 aliphatic heterocycles. The Bertz CT molecular complexity index is 406. The van der Waals surface area contributed by atoms with Gasteiger partial charge in [-0.05, 0) is 73.9 Å². The quantitative estimate of drug-likeness (QED) is 0.836. The molecule has 0 bridgehead atoms. The fourth-order valence-corrected chi connectivity index (χ4v) is 3.49. The van der Waals surface area contributed by atoms with Gasteiger partial charge in [-0.1, -0.05) is 33.8 Å². The van der Waals surface area contributed by atoms with Crippen LogP contribution in [0.1, 0.15) is 58.1 Å². The van der Waals surface area contributed by atoms with Crippen molar-refractivity contribution >= 4 is 0 Å². The van der Waals surface area contributed by atoms with Crippen molar-refractivity contribution in [3.05, 3.63) is 35.1 Å². The molecule has 0 aliphatic carbocycles. The van der Waals surface area contributed by atoms with E-state index in [-0.39, 0.29) is 11.2 Å². The fourth-order valence-electron chi connectivity index (χ4n) is 3.49. The lowest BCUT2D eigenvalue weighted by Crippen LogP contribution is -2.41. The molecule has 1 aliphatic rings. The van der Waals surface area contributed by atoms with Crippen LogP contribution in [0.25, 0.3) is 0 Å². The Hall–Kier alpha value is -0.890. The van der Waals surface area contributed by atoms with Crippen LogP contribution in [0.4, 0.5) is 4.39 Å². The predicted molar refractivity (Wildman–Crippen MR) is 85.7 cm³/mol. The average Bonchev–Trinajstić information content (AvgIpc) is 2.41. The van der Waals surface area contributed by atoms with E-state index in [4.69, 9.17) is 0 Å². The van der Waals surface area contributed by atoms with Crippen molar-refractivity contribution in [2.45, 2.75) is 59.3 Å². The van der Waals surface area contributed by atoms with Crippen LogP contribution in [0.5, 0.6) is 0 Å². The molecule has 0 saturated carbocycles. The maximum Gasteiger partial charge on any atom is 0.123 e. The topological polar surface area (TPSA) is 12.0 Å². The Morgan fingerprint density at radius 2 is 1.80 bits per heavy atom. The van der Waals surface area contributed by atoms with E-state index in [9.17, 15) is 4.39 Å². The molecule has 20 heavy (non-hydrogen) atoms. The summed E-state index contributed by atoms with van der Waals surface area (Å²) in [4.78, 5) is 0. The first-order valence-corrected chi connectivity index (χ1v) is 8.01. The summed E-state index contributed by atoms with van der Waals surface area (Å²) >= 11 is 0. The van der Waals surface area contributed by atoms with E-state index in [1.165, 1.54) is 12.0 Å². The maximum atomic E-state index is 13.3. The Morgan fingerprint density at radius 1 is 1.20 bits per heavy atom. The van der Waals surface area contributed by atoms with Gasteiger partial charge >= 0.3 is 0 Å². The smallest absolute Gasteiger partial charge is 0.123 e. The second kappa shape index (κ2) is 7.78. The first-order chi connectivity index (χ1) is 9.53. The molecular weight excluding hydrogens is 249 g/mol. The predicted octanol–water partition coefficient (Wildman–Crippen LogP) is 4.83. The molecule has 0 unspecified atom stereocenters. The van der Waals surface area contributed by atoms with E-state index in [0.29, 0.717) is 5.92 Å². The number of hydrogen-bond donors (Lipinski definition) is 1. The third kappa shape index (κ3) is 4.05. The van der Waals surface area contributed by atoms with Crippen LogP contribution in [0, 0.1) is 18.7 Å². The number of piperidine rings is 1. The van der Waals surface area contributed by atoms with Crippen molar-refractivity contribution in [3.63, 3.8) is 0 Å². The SMILES string of the molecule is CC.Cc1cc(F)ccc1C1(CC(C)C)CCNCC1. The van der Waals surface area contributed by atoms with E-state index in [2.05, 4.69) is 19.2 Å². The fraction of sp³-hybridized carbons (Fsp3) is 0.667. The van der Waals surface area contributed by atoms with E-state index in [0.717, 1.165) is 31.5 Å². The molecule has 1 saturated heterocycles. The van der Waals surface area contributed by atoms with Crippen molar-refractivity contribution in [3.8, 4) is 0 Å². The molecule has 0 spiro atoms. The van der Waals surface area contributed by atoms with Gasteiger partial charge in [-0.2, -0.15) is 0 Å². The molecule has 0 radical (unpaired) electrons. The molecule has 2 heteroatoms. The first kappa shape index (κ1) is 17.2. The molecule has 1 aromatic rings. The second-order valence-corrected chi connectivity index (χ2v) is 6.09. The van der Waals surface area contributed by atoms with E-state index >= 15 is 0 Å². The highest BCUT2D eigenvalue weighted by Gasteiger charge is 2.35. The van der Waals surface area contributed by atoms with E-state index in [1.54, 1.807) is 12.1 Å². The van der Waals surface area contributed by atoms with Gasteiger partial charge in [0.25, 0.3) is 0 Å². The molecule has 0 atom stereocenters. The van der Waals surface area contributed by atoms with Gasteiger partial charge in [0, 0.05) is 0 Å². The summed E-state index contributed by atoms with van der Waals surface area (Å²) in [6.45, 7) is 12.8. The van der Waals surface area contributed by atoms with E-state index in [1.807, 2.05) is 26.8 Å². The summed E-state index contributed by atoms with van der Waals surface area (Å²) in [5.74, 6) is 0.553. The van der Waals surface area contributed by atoms with Crippen LogP contribution in [-0.4, -0.2) is 13.1 Å². The minimum Gasteiger partial charge on any atom is -0.317 e. The Morgan fingerprint density at radius 3 is 2.30 bits per heavy atom. The lowest BCUT2D eigenvalue weighted by Gasteiger charge is -2.40. The zero-order valence-electron chi connectivity index (χ0n) is 13.7. The number of benzene rings is 1. The molecule has 1 fully saturated rings. The highest BCUT2D eigenvalue weighted by atomic mass is 19.1. The first-order valence-electron chi connectivity index (χ1n) is 8.01. The van der Waals surface area contributed by atoms with Crippen molar-refractivity contribution in [1.29, 1.82) is 0 Å². The van der Waals surface area contributed by atoms with Crippen molar-refractivity contribution < 1.29 is 4.39 Å². The van der Waals surface area contributed by atoms with Crippen molar-refractivity contribution in [2.24, 2.45) is 5.92 Å². The molecule has 1 heterocycles. The number of rotatable bonds is 3. The van der Waals surface area contributed by atoms with Crippen LogP contribution >= 0.6 is 0 Å². The molecule has 2 rings (SSSR count). The Labute approximate surface area is 124 Å². The molecule has 0 aromatic heterocycles. The van der Waals surface area contributed by atoms with Gasteiger partial charge in [0.2, 0.25) is 0 Å². The average molecular weight is 279 g/mol. The number of nitrogens with one attached hydrogen (secondary N) is 1. The monoisotopic (exact) mass is 279 g/mol. The molecule has 0 amide bonds. The van der Waals surface area contributed by atoms with Gasteiger partial charge in [0.15, 0.2) is 0 Å². The van der Waals surface area contributed by atoms with Crippen LogP contribution in [0.15, 0.2) is 18.2 Å². The van der Waals surface area contributed by atoms with Crippen LogP contribution in [0.2, 0.25) is 0 Å². The minimum absolute atomic E-state index is 0.120. The number of hydrogen-bond acceptors (Lipinski definition) is 1. The molecule has 1 N–H and O–H groups in total. The summed E-state index contributed by atoms with van der Waals surface area (Å²) < 4.78 is 13.3. The van der Waals surface area contributed by atoms with Gasteiger partial charge in [0.1, 0.15) is 5.82 Å². The second-order valence-electron chi connectivity index (χ2n) is 6.09. The summed E-state index contributed by atoms with van der Waals surface area (Å²) in [6, 6.07) is 5.31. The normalized spacial score (nSPS) is 17.6. The summed E-state index contributed by atoms with van der Waals surface area (Å²) in [5.41, 5.74) is 2.72. The largest absolute Gasteiger partial charge is 0.317 e. The summed E-state index contributed by atoms with van der Waals surface area (Å²) in [6.07, 6.45) is 3.52. The van der Waals surface area contributed by atoms with Crippen LogP contribution < -0.4 is 5.32 Å². The third-order valence-electron chi connectivity index (χ3n) is 4.12. The maximum absolute atomic E-state index is 13.3. The zero-order valence-corrected chi connectivity index (χ0v) is 13.7. The van der Waals surface area contributed by atoms with Crippen molar-refractivity contribution in [1.82, 2.24) is 5.32 Å². The van der Waals surface area contributed by atoms with E-state index < -0.39 is 0 Å². The van der Waals surface area contributed by atoms with Gasteiger partial charge in [-0.15, -0.1) is 0 Å². The summed E-state index contributed by atoms with van der Waals surface area (Å²) in [7, 11) is 0. The Kier molecular flexibility index (Phi) is 6.67. The molecule has 1 nitrogen and oxygen atoms in total. The lowest BCUT2D eigenvalue weighted by atomic mass is 9.67. The minimum atomic E-state index is -0.120. The molecular formula is C18H30FN. The Balaban J connectivity index is 0.000000956. The van der Waals surface area contributed by atoms with Crippen LogP contribution in [-0.2, 0) is 5.41 Å². The lowest BCUT2D eigenvalue weighted by molar-refractivity contribution is 0.256. The molecule has 114 valence electrons. The van der Waals surface area contributed by atoms with Crippen molar-refractivity contribution in [2.75, 3.05) is 13.1 Å². The highest BCUT2D eigenvalue weighted by Crippen LogP contribution is 2.40. The van der Waals surface area contributed by atoms with Gasteiger partial charge in [-0.3, -0.25) is 0 Å². The van der Waals surface area contributed by atoms with Gasteiger partial charge in [-0.25, -0.2) is 4.39 Å². The van der Waals surface area contributed by atoms with Gasteiger partial charge < -0.3 is 5.32 Å². The number of aryl methyl sites for hydroxylation is 1. The summed E-state index contributed by atoms with van der Waals surface area (Å²) in [5, 5.41) is 3.44.